The number of nitrogens with zero attached hydrogens (tertiary/aromatic N) is 2. The molecule has 1 aliphatic rings. The zero-order valence-corrected chi connectivity index (χ0v) is 15.1. The van der Waals surface area contributed by atoms with Crippen LogP contribution in [0.2, 0.25) is 0 Å². The number of fused-ring (bicyclic) bond motifs is 1. The molecular weight excluding hydrogens is 336 g/mol. The number of unbranched alkanes of at least 4 members (excludes halogenated alkanes) is 1. The first-order chi connectivity index (χ1) is 12.1. The van der Waals surface area contributed by atoms with E-state index in [2.05, 4.69) is 11.4 Å². The normalized spacial score (nSPS) is 17.6. The highest BCUT2D eigenvalue weighted by atomic mass is 32.1. The molecule has 7 heteroatoms. The van der Waals surface area contributed by atoms with Gasteiger partial charge < -0.3 is 16.0 Å². The molecule has 1 aliphatic heterocycles. The number of nitrogens with two attached hydrogens (primary N) is 1. The Morgan fingerprint density at radius 2 is 2.16 bits per heavy atom. The average molecular weight is 360 g/mol. The maximum absolute atomic E-state index is 12.4. The smallest absolute Gasteiger partial charge is 0.312 e. The zero-order chi connectivity index (χ0) is 17.6. The second kappa shape index (κ2) is 8.29. The number of para-hydroxylation sites is 1. The Balaban J connectivity index is 1.52. The second-order valence-corrected chi connectivity index (χ2v) is 7.51. The monoisotopic (exact) mass is 360 g/mol. The molecule has 6 nitrogen and oxygen atoms in total. The largest absolute Gasteiger partial charge is 0.352 e. The molecule has 0 aliphatic carbocycles. The highest BCUT2D eigenvalue weighted by Crippen LogP contribution is 2.33. The Morgan fingerprint density at radius 1 is 1.32 bits per heavy atom. The van der Waals surface area contributed by atoms with E-state index < -0.39 is 6.03 Å². The van der Waals surface area contributed by atoms with Gasteiger partial charge in [-0.1, -0.05) is 12.1 Å². The topological polar surface area (TPSA) is 88.3 Å². The van der Waals surface area contributed by atoms with Crippen LogP contribution in [0.25, 0.3) is 10.2 Å². The molecule has 3 N–H and O–H groups in total. The highest BCUT2D eigenvalue weighted by molar-refractivity contribution is 7.18. The van der Waals surface area contributed by atoms with Gasteiger partial charge in [0.1, 0.15) is 0 Å². The van der Waals surface area contributed by atoms with Crippen molar-refractivity contribution >= 4 is 33.5 Å². The Hall–Kier alpha value is -2.15. The van der Waals surface area contributed by atoms with Crippen LogP contribution in [0.4, 0.5) is 4.79 Å². The minimum Gasteiger partial charge on any atom is -0.352 e. The van der Waals surface area contributed by atoms with Gasteiger partial charge in [0, 0.05) is 32.0 Å². The molecule has 0 saturated carbocycles. The number of hydrogen-bond donors (Lipinski definition) is 2. The molecule has 0 radical (unpaired) electrons. The molecule has 1 atom stereocenters. The molecular formula is C18H24N4O2S. The minimum atomic E-state index is -0.513. The van der Waals surface area contributed by atoms with Crippen molar-refractivity contribution in [3.63, 3.8) is 0 Å². The summed E-state index contributed by atoms with van der Waals surface area (Å²) in [6.45, 7) is 2.12. The van der Waals surface area contributed by atoms with Gasteiger partial charge in [0.25, 0.3) is 0 Å². The number of benzene rings is 1. The maximum atomic E-state index is 12.4. The molecule has 0 unspecified atom stereocenters. The molecule has 1 saturated heterocycles. The highest BCUT2D eigenvalue weighted by Gasteiger charge is 2.26. The first-order valence-electron chi connectivity index (χ1n) is 8.80. The second-order valence-electron chi connectivity index (χ2n) is 6.45. The fraction of sp³-hybridized carbons (Fsp3) is 0.500. The fourth-order valence-corrected chi connectivity index (χ4v) is 4.33. The number of aromatic nitrogens is 1. The van der Waals surface area contributed by atoms with Gasteiger partial charge in [-0.25, -0.2) is 9.78 Å². The van der Waals surface area contributed by atoms with E-state index in [-0.39, 0.29) is 5.91 Å². The third-order valence-corrected chi connectivity index (χ3v) is 5.75. The molecule has 2 heterocycles. The van der Waals surface area contributed by atoms with Crippen LogP contribution >= 0.6 is 11.3 Å². The number of urea groups is 1. The molecule has 2 aromatic rings. The lowest BCUT2D eigenvalue weighted by Crippen LogP contribution is -2.39. The first kappa shape index (κ1) is 17.7. The number of hydrogen-bond acceptors (Lipinski definition) is 4. The maximum Gasteiger partial charge on any atom is 0.312 e. The van der Waals surface area contributed by atoms with E-state index in [1.165, 1.54) is 4.70 Å². The van der Waals surface area contributed by atoms with Crippen LogP contribution in [-0.4, -0.2) is 41.5 Å². The van der Waals surface area contributed by atoms with Gasteiger partial charge >= 0.3 is 6.03 Å². The van der Waals surface area contributed by atoms with Crippen LogP contribution < -0.4 is 11.1 Å². The summed E-state index contributed by atoms with van der Waals surface area (Å²) < 4.78 is 1.21. The van der Waals surface area contributed by atoms with Crippen LogP contribution in [0.15, 0.2) is 24.3 Å². The SMILES string of the molecule is NC(=O)NCCCCC(=O)N1CCC[C@H](c2nc3ccccc3s2)C1. The molecule has 3 rings (SSSR count). The van der Waals surface area contributed by atoms with Crippen LogP contribution in [0.3, 0.4) is 0 Å². The molecule has 1 fully saturated rings. The third-order valence-electron chi connectivity index (χ3n) is 4.55. The van der Waals surface area contributed by atoms with E-state index in [4.69, 9.17) is 10.7 Å². The molecule has 3 amide bonds. The van der Waals surface area contributed by atoms with E-state index in [1.54, 1.807) is 11.3 Å². The standard InChI is InChI=1S/C18H24N4O2S/c19-18(24)20-10-4-3-9-16(23)22-11-5-6-13(12-22)17-21-14-7-1-2-8-15(14)25-17/h1-2,7-8,13H,3-6,9-12H2,(H3,19,20,24)/t13-/m0/s1. The van der Waals surface area contributed by atoms with Crippen molar-refractivity contribution < 1.29 is 9.59 Å². The summed E-state index contributed by atoms with van der Waals surface area (Å²) >= 11 is 1.74. The third kappa shape index (κ3) is 4.69. The minimum absolute atomic E-state index is 0.199. The van der Waals surface area contributed by atoms with E-state index in [0.717, 1.165) is 49.3 Å². The van der Waals surface area contributed by atoms with Crippen molar-refractivity contribution in [3.05, 3.63) is 29.3 Å². The van der Waals surface area contributed by atoms with Crippen molar-refractivity contribution in [3.8, 4) is 0 Å². The van der Waals surface area contributed by atoms with E-state index in [1.807, 2.05) is 23.1 Å². The summed E-state index contributed by atoms with van der Waals surface area (Å²) in [5.41, 5.74) is 6.07. The number of carbonyl (C=O) groups is 2. The van der Waals surface area contributed by atoms with Crippen LogP contribution in [0.5, 0.6) is 0 Å². The summed E-state index contributed by atoms with van der Waals surface area (Å²) in [6.07, 6.45) is 4.17. The summed E-state index contributed by atoms with van der Waals surface area (Å²) in [4.78, 5) is 29.8. The van der Waals surface area contributed by atoms with Crippen LogP contribution in [-0.2, 0) is 4.79 Å². The first-order valence-corrected chi connectivity index (χ1v) is 9.61. The summed E-state index contributed by atoms with van der Waals surface area (Å²) in [7, 11) is 0. The molecule has 0 bridgehead atoms. The van der Waals surface area contributed by atoms with Crippen molar-refractivity contribution in [2.75, 3.05) is 19.6 Å². The number of amides is 3. The Kier molecular flexibility index (Phi) is 5.86. The lowest BCUT2D eigenvalue weighted by atomic mass is 9.98. The molecule has 1 aromatic heterocycles. The summed E-state index contributed by atoms with van der Waals surface area (Å²) in [5.74, 6) is 0.538. The van der Waals surface area contributed by atoms with E-state index in [9.17, 15) is 9.59 Å². The van der Waals surface area contributed by atoms with Crippen molar-refractivity contribution in [1.82, 2.24) is 15.2 Å². The van der Waals surface area contributed by atoms with Crippen LogP contribution in [0, 0.1) is 0 Å². The van der Waals surface area contributed by atoms with Crippen molar-refractivity contribution in [1.29, 1.82) is 0 Å². The number of nitrogens with one attached hydrogen (secondary N) is 1. The fourth-order valence-electron chi connectivity index (χ4n) is 3.24. The van der Waals surface area contributed by atoms with Crippen molar-refractivity contribution in [2.24, 2.45) is 5.73 Å². The number of thiazole rings is 1. The van der Waals surface area contributed by atoms with Gasteiger partial charge in [-0.15, -0.1) is 11.3 Å². The predicted molar refractivity (Wildman–Crippen MR) is 99.6 cm³/mol. The van der Waals surface area contributed by atoms with Gasteiger partial charge in [0.2, 0.25) is 5.91 Å². The quantitative estimate of drug-likeness (QED) is 0.776. The molecule has 25 heavy (non-hydrogen) atoms. The van der Waals surface area contributed by atoms with E-state index in [0.29, 0.717) is 18.9 Å². The van der Waals surface area contributed by atoms with Gasteiger partial charge in [-0.3, -0.25) is 4.79 Å². The zero-order valence-electron chi connectivity index (χ0n) is 14.2. The number of likely N-dealkylation sites (tertiary alicyclic amines) is 1. The average Bonchev–Trinajstić information content (AvgIpc) is 3.05. The number of rotatable bonds is 6. The molecule has 1 aromatic carbocycles. The van der Waals surface area contributed by atoms with E-state index >= 15 is 0 Å². The summed E-state index contributed by atoms with van der Waals surface area (Å²) in [6, 6.07) is 7.67. The van der Waals surface area contributed by atoms with Crippen molar-refractivity contribution in [2.45, 2.75) is 38.0 Å². The number of piperidine rings is 1. The number of primary amides is 1. The van der Waals surface area contributed by atoms with Gasteiger partial charge in [-0.2, -0.15) is 0 Å². The van der Waals surface area contributed by atoms with Gasteiger partial charge in [0.05, 0.1) is 15.2 Å². The Bertz CT molecular complexity index is 713. The van der Waals surface area contributed by atoms with Gasteiger partial charge in [0.15, 0.2) is 0 Å². The number of carbonyl (C=O) groups excluding carboxylic acids is 2. The Morgan fingerprint density at radius 3 is 2.96 bits per heavy atom. The summed E-state index contributed by atoms with van der Waals surface area (Å²) in [5, 5.41) is 3.69. The lowest BCUT2D eigenvalue weighted by Gasteiger charge is -2.32. The van der Waals surface area contributed by atoms with Gasteiger partial charge in [-0.05, 0) is 37.8 Å². The molecule has 0 spiro atoms. The molecule has 134 valence electrons. The predicted octanol–water partition coefficient (Wildman–Crippen LogP) is 2.84. The van der Waals surface area contributed by atoms with Crippen LogP contribution in [0.1, 0.15) is 43.0 Å². The Labute approximate surface area is 151 Å². The lowest BCUT2D eigenvalue weighted by molar-refractivity contribution is -0.132.